The number of rotatable bonds is 2. The first-order valence-electron chi connectivity index (χ1n) is 8.43. The third-order valence-corrected chi connectivity index (χ3v) is 7.01. The van der Waals surface area contributed by atoms with Crippen LogP contribution >= 0.6 is 12.2 Å². The Morgan fingerprint density at radius 1 is 1.00 bits per heavy atom. The molecule has 0 aromatic heterocycles. The van der Waals surface area contributed by atoms with Gasteiger partial charge in [-0.1, -0.05) is 43.9 Å². The van der Waals surface area contributed by atoms with Crippen molar-refractivity contribution in [1.82, 2.24) is 9.62 Å². The van der Waals surface area contributed by atoms with Crippen LogP contribution in [0.15, 0.2) is 35.2 Å². The van der Waals surface area contributed by atoms with Crippen LogP contribution in [0.2, 0.25) is 0 Å². The quantitative estimate of drug-likeness (QED) is 0.831. The van der Waals surface area contributed by atoms with E-state index in [2.05, 4.69) is 4.72 Å². The maximum absolute atomic E-state index is 12.4. The predicted octanol–water partition coefficient (Wildman–Crippen LogP) is 3.15. The SMILES string of the molecule is O=S(=O)(NC(=S)N1CCC2CCCCC2CC1)c1ccccc1. The summed E-state index contributed by atoms with van der Waals surface area (Å²) in [6, 6.07) is 8.40. The molecule has 0 amide bonds. The van der Waals surface area contributed by atoms with Gasteiger partial charge in [0, 0.05) is 13.1 Å². The first-order valence-corrected chi connectivity index (χ1v) is 10.3. The Bertz CT molecular complexity index is 630. The highest BCUT2D eigenvalue weighted by molar-refractivity contribution is 7.91. The summed E-state index contributed by atoms with van der Waals surface area (Å²) < 4.78 is 27.4. The monoisotopic (exact) mass is 352 g/mol. The van der Waals surface area contributed by atoms with Gasteiger partial charge in [-0.2, -0.15) is 0 Å². The van der Waals surface area contributed by atoms with E-state index in [9.17, 15) is 8.42 Å². The molecule has 23 heavy (non-hydrogen) atoms. The number of benzene rings is 1. The lowest BCUT2D eigenvalue weighted by Gasteiger charge is -2.29. The van der Waals surface area contributed by atoms with E-state index >= 15 is 0 Å². The van der Waals surface area contributed by atoms with Gasteiger partial charge in [0.25, 0.3) is 10.0 Å². The summed E-state index contributed by atoms with van der Waals surface area (Å²) in [6.45, 7) is 1.72. The molecule has 0 spiro atoms. The second-order valence-corrected chi connectivity index (χ2v) is 8.66. The zero-order chi connectivity index (χ0) is 16.3. The number of hydrogen-bond acceptors (Lipinski definition) is 3. The number of nitrogens with zero attached hydrogens (tertiary/aromatic N) is 1. The van der Waals surface area contributed by atoms with Gasteiger partial charge >= 0.3 is 0 Å². The molecule has 1 aromatic rings. The van der Waals surface area contributed by atoms with Crippen LogP contribution in [0.3, 0.4) is 0 Å². The molecule has 0 radical (unpaired) electrons. The minimum Gasteiger partial charge on any atom is -0.348 e. The van der Waals surface area contributed by atoms with E-state index in [-0.39, 0.29) is 4.90 Å². The van der Waals surface area contributed by atoms with E-state index in [0.29, 0.717) is 5.11 Å². The van der Waals surface area contributed by atoms with E-state index in [4.69, 9.17) is 12.2 Å². The molecule has 2 atom stereocenters. The maximum atomic E-state index is 12.4. The molecule has 1 N–H and O–H groups in total. The van der Waals surface area contributed by atoms with Crippen molar-refractivity contribution in [2.24, 2.45) is 11.8 Å². The number of sulfonamides is 1. The number of fused-ring (bicyclic) bond motifs is 1. The number of likely N-dealkylation sites (tertiary alicyclic amines) is 1. The zero-order valence-electron chi connectivity index (χ0n) is 13.3. The van der Waals surface area contributed by atoms with Gasteiger partial charge in [0.05, 0.1) is 4.90 Å². The number of thiocarbonyl (C=S) groups is 1. The van der Waals surface area contributed by atoms with Crippen LogP contribution in [0.4, 0.5) is 0 Å². The standard InChI is InChI=1S/C17H24N2O2S2/c20-23(21,16-8-2-1-3-9-16)18-17(22)19-12-10-14-6-4-5-7-15(14)11-13-19/h1-3,8-9,14-15H,4-7,10-13H2,(H,18,22). The summed E-state index contributed by atoms with van der Waals surface area (Å²) >= 11 is 5.38. The van der Waals surface area contributed by atoms with E-state index in [0.717, 1.165) is 37.8 Å². The molecule has 3 rings (SSSR count). The molecule has 0 bridgehead atoms. The molecule has 1 saturated heterocycles. The van der Waals surface area contributed by atoms with E-state index < -0.39 is 10.0 Å². The molecule has 1 aliphatic heterocycles. The van der Waals surface area contributed by atoms with Gasteiger partial charge in [0.2, 0.25) is 0 Å². The fourth-order valence-corrected chi connectivity index (χ4v) is 5.34. The summed E-state index contributed by atoms with van der Waals surface area (Å²) in [5.41, 5.74) is 0. The van der Waals surface area contributed by atoms with Gasteiger partial charge < -0.3 is 4.90 Å². The highest BCUT2D eigenvalue weighted by Crippen LogP contribution is 2.36. The van der Waals surface area contributed by atoms with Gasteiger partial charge in [0.1, 0.15) is 0 Å². The van der Waals surface area contributed by atoms with Crippen LogP contribution in [0.5, 0.6) is 0 Å². The predicted molar refractivity (Wildman–Crippen MR) is 95.6 cm³/mol. The van der Waals surface area contributed by atoms with Crippen molar-refractivity contribution in [3.05, 3.63) is 30.3 Å². The summed E-state index contributed by atoms with van der Waals surface area (Å²) in [6.07, 6.45) is 7.57. The largest absolute Gasteiger partial charge is 0.348 e. The molecule has 4 nitrogen and oxygen atoms in total. The van der Waals surface area contributed by atoms with Crippen LogP contribution in [-0.2, 0) is 10.0 Å². The molecular formula is C17H24N2O2S2. The molecule has 6 heteroatoms. The van der Waals surface area contributed by atoms with Crippen molar-refractivity contribution in [2.75, 3.05) is 13.1 Å². The van der Waals surface area contributed by atoms with Crippen LogP contribution in [0, 0.1) is 11.8 Å². The van der Waals surface area contributed by atoms with Gasteiger partial charge in [-0.05, 0) is 49.0 Å². The third kappa shape index (κ3) is 4.04. The molecule has 1 aromatic carbocycles. The van der Waals surface area contributed by atoms with Crippen LogP contribution < -0.4 is 4.72 Å². The molecule has 1 aliphatic carbocycles. The fourth-order valence-electron chi connectivity index (χ4n) is 3.84. The number of nitrogens with one attached hydrogen (secondary N) is 1. The Morgan fingerprint density at radius 3 is 2.13 bits per heavy atom. The zero-order valence-corrected chi connectivity index (χ0v) is 14.9. The maximum Gasteiger partial charge on any atom is 0.263 e. The Balaban J connectivity index is 1.64. The average molecular weight is 353 g/mol. The van der Waals surface area contributed by atoms with Crippen molar-refractivity contribution >= 4 is 27.4 Å². The second-order valence-electron chi connectivity index (χ2n) is 6.59. The lowest BCUT2D eigenvalue weighted by atomic mass is 9.77. The molecule has 1 saturated carbocycles. The molecule has 2 unspecified atom stereocenters. The average Bonchev–Trinajstić information content (AvgIpc) is 2.78. The van der Waals surface area contributed by atoms with E-state index in [1.807, 2.05) is 4.90 Å². The van der Waals surface area contributed by atoms with Crippen LogP contribution in [0.1, 0.15) is 38.5 Å². The number of hydrogen-bond donors (Lipinski definition) is 1. The lowest BCUT2D eigenvalue weighted by molar-refractivity contribution is 0.230. The summed E-state index contributed by atoms with van der Waals surface area (Å²) in [7, 11) is -3.58. The molecule has 2 fully saturated rings. The summed E-state index contributed by atoms with van der Waals surface area (Å²) in [4.78, 5) is 2.29. The second kappa shape index (κ2) is 7.18. The normalized spacial score (nSPS) is 25.3. The summed E-state index contributed by atoms with van der Waals surface area (Å²) in [5, 5.41) is 0.340. The van der Waals surface area contributed by atoms with Crippen molar-refractivity contribution in [2.45, 2.75) is 43.4 Å². The van der Waals surface area contributed by atoms with Gasteiger partial charge in [0.15, 0.2) is 5.11 Å². The Kier molecular flexibility index (Phi) is 5.21. The fraction of sp³-hybridized carbons (Fsp3) is 0.588. The molecule has 1 heterocycles. The summed E-state index contributed by atoms with van der Waals surface area (Å²) in [5.74, 6) is 1.59. The Hall–Kier alpha value is -1.14. The van der Waals surface area contributed by atoms with Crippen molar-refractivity contribution in [3.8, 4) is 0 Å². The van der Waals surface area contributed by atoms with E-state index in [1.54, 1.807) is 30.3 Å². The minimum absolute atomic E-state index is 0.255. The van der Waals surface area contributed by atoms with E-state index in [1.165, 1.54) is 25.7 Å². The third-order valence-electron chi connectivity index (χ3n) is 5.17. The molecule has 126 valence electrons. The van der Waals surface area contributed by atoms with Gasteiger partial charge in [-0.3, -0.25) is 4.72 Å². The molecular weight excluding hydrogens is 328 g/mol. The van der Waals surface area contributed by atoms with Crippen molar-refractivity contribution in [3.63, 3.8) is 0 Å². The van der Waals surface area contributed by atoms with Gasteiger partial charge in [-0.25, -0.2) is 8.42 Å². The Labute approximate surface area is 144 Å². The first kappa shape index (κ1) is 16.7. The van der Waals surface area contributed by atoms with Crippen LogP contribution in [0.25, 0.3) is 0 Å². The van der Waals surface area contributed by atoms with Gasteiger partial charge in [-0.15, -0.1) is 0 Å². The van der Waals surface area contributed by atoms with Crippen LogP contribution in [-0.4, -0.2) is 31.5 Å². The first-order chi connectivity index (χ1) is 11.1. The molecule has 2 aliphatic rings. The lowest BCUT2D eigenvalue weighted by Crippen LogP contribution is -2.43. The smallest absolute Gasteiger partial charge is 0.263 e. The minimum atomic E-state index is -3.58. The van der Waals surface area contributed by atoms with Crippen molar-refractivity contribution in [1.29, 1.82) is 0 Å². The highest BCUT2D eigenvalue weighted by atomic mass is 32.2. The topological polar surface area (TPSA) is 49.4 Å². The highest BCUT2D eigenvalue weighted by Gasteiger charge is 2.30. The Morgan fingerprint density at radius 2 is 1.57 bits per heavy atom. The van der Waals surface area contributed by atoms with Crippen molar-refractivity contribution < 1.29 is 8.42 Å².